The highest BCUT2D eigenvalue weighted by Crippen LogP contribution is 2.21. The van der Waals surface area contributed by atoms with Gasteiger partial charge in [-0.2, -0.15) is 0 Å². The Morgan fingerprint density at radius 2 is 2.00 bits per heavy atom. The number of nitrogens with two attached hydrogens (primary N) is 1. The summed E-state index contributed by atoms with van der Waals surface area (Å²) in [5, 5.41) is 0. The van der Waals surface area contributed by atoms with Gasteiger partial charge in [0.05, 0.1) is 5.69 Å². The SMILES string of the molecule is Cc1oc(-c2ccc(F)cc2)nc1CCN. The van der Waals surface area contributed by atoms with Gasteiger partial charge in [0.1, 0.15) is 11.6 Å². The summed E-state index contributed by atoms with van der Waals surface area (Å²) in [7, 11) is 0. The summed E-state index contributed by atoms with van der Waals surface area (Å²) in [6.45, 7) is 2.39. The third-order valence-corrected chi connectivity index (χ3v) is 2.36. The van der Waals surface area contributed by atoms with Gasteiger partial charge in [-0.05, 0) is 37.7 Å². The highest BCUT2D eigenvalue weighted by molar-refractivity contribution is 5.53. The molecule has 0 unspecified atom stereocenters. The predicted molar refractivity (Wildman–Crippen MR) is 59.4 cm³/mol. The van der Waals surface area contributed by atoms with Crippen LogP contribution in [0.2, 0.25) is 0 Å². The van der Waals surface area contributed by atoms with Crippen molar-refractivity contribution in [1.29, 1.82) is 0 Å². The first-order valence-electron chi connectivity index (χ1n) is 5.13. The molecule has 2 rings (SSSR count). The lowest BCUT2D eigenvalue weighted by molar-refractivity contribution is 0.539. The van der Waals surface area contributed by atoms with E-state index in [4.69, 9.17) is 10.2 Å². The molecule has 0 spiro atoms. The fourth-order valence-electron chi connectivity index (χ4n) is 1.51. The van der Waals surface area contributed by atoms with Gasteiger partial charge in [0.25, 0.3) is 0 Å². The minimum absolute atomic E-state index is 0.269. The van der Waals surface area contributed by atoms with E-state index in [2.05, 4.69) is 4.98 Å². The van der Waals surface area contributed by atoms with Gasteiger partial charge in [-0.1, -0.05) is 0 Å². The van der Waals surface area contributed by atoms with Crippen molar-refractivity contribution >= 4 is 0 Å². The third kappa shape index (κ3) is 2.12. The minimum Gasteiger partial charge on any atom is -0.441 e. The average Bonchev–Trinajstić information content (AvgIpc) is 2.62. The molecule has 0 aliphatic carbocycles. The fraction of sp³-hybridized carbons (Fsp3) is 0.250. The molecule has 0 saturated heterocycles. The molecule has 1 heterocycles. The molecule has 4 heteroatoms. The number of aryl methyl sites for hydroxylation is 1. The lowest BCUT2D eigenvalue weighted by Crippen LogP contribution is -2.03. The van der Waals surface area contributed by atoms with Gasteiger partial charge in [0.2, 0.25) is 5.89 Å². The number of rotatable bonds is 3. The number of aromatic nitrogens is 1. The molecular weight excluding hydrogens is 207 g/mol. The Bertz CT molecular complexity index is 476. The topological polar surface area (TPSA) is 52.0 Å². The van der Waals surface area contributed by atoms with Gasteiger partial charge in [-0.3, -0.25) is 0 Å². The van der Waals surface area contributed by atoms with Crippen molar-refractivity contribution in [3.8, 4) is 11.5 Å². The molecule has 0 atom stereocenters. The van der Waals surface area contributed by atoms with Crippen LogP contribution in [0.1, 0.15) is 11.5 Å². The van der Waals surface area contributed by atoms with E-state index in [1.807, 2.05) is 6.92 Å². The fourth-order valence-corrected chi connectivity index (χ4v) is 1.51. The summed E-state index contributed by atoms with van der Waals surface area (Å²) >= 11 is 0. The molecular formula is C12H13FN2O. The van der Waals surface area contributed by atoms with Crippen LogP contribution >= 0.6 is 0 Å². The molecule has 0 radical (unpaired) electrons. The lowest BCUT2D eigenvalue weighted by atomic mass is 10.2. The number of benzene rings is 1. The normalized spacial score (nSPS) is 10.7. The maximum Gasteiger partial charge on any atom is 0.226 e. The van der Waals surface area contributed by atoms with Crippen molar-refractivity contribution in [3.63, 3.8) is 0 Å². The Balaban J connectivity index is 2.33. The Hall–Kier alpha value is -1.68. The van der Waals surface area contributed by atoms with E-state index < -0.39 is 0 Å². The van der Waals surface area contributed by atoms with Crippen LogP contribution in [0.5, 0.6) is 0 Å². The molecule has 0 bridgehead atoms. The molecule has 0 aliphatic rings. The van der Waals surface area contributed by atoms with E-state index >= 15 is 0 Å². The van der Waals surface area contributed by atoms with Crippen LogP contribution in [0.3, 0.4) is 0 Å². The van der Waals surface area contributed by atoms with Crippen LogP contribution in [-0.4, -0.2) is 11.5 Å². The summed E-state index contributed by atoms with van der Waals surface area (Å²) in [6.07, 6.45) is 0.691. The molecule has 0 saturated carbocycles. The maximum atomic E-state index is 12.7. The molecule has 0 aliphatic heterocycles. The monoisotopic (exact) mass is 220 g/mol. The van der Waals surface area contributed by atoms with Gasteiger partial charge >= 0.3 is 0 Å². The van der Waals surface area contributed by atoms with Gasteiger partial charge in [-0.25, -0.2) is 9.37 Å². The quantitative estimate of drug-likeness (QED) is 0.863. The van der Waals surface area contributed by atoms with Crippen LogP contribution in [0.15, 0.2) is 28.7 Å². The molecule has 16 heavy (non-hydrogen) atoms. The molecule has 0 amide bonds. The van der Waals surface area contributed by atoms with E-state index in [1.165, 1.54) is 12.1 Å². The van der Waals surface area contributed by atoms with Crippen molar-refractivity contribution < 1.29 is 8.81 Å². The Morgan fingerprint density at radius 1 is 1.31 bits per heavy atom. The second-order valence-corrected chi connectivity index (χ2v) is 3.57. The largest absolute Gasteiger partial charge is 0.441 e. The summed E-state index contributed by atoms with van der Waals surface area (Å²) < 4.78 is 18.2. The maximum absolute atomic E-state index is 12.7. The van der Waals surface area contributed by atoms with Gasteiger partial charge in [0.15, 0.2) is 0 Å². The molecule has 0 fully saturated rings. The standard InChI is InChI=1S/C12H13FN2O/c1-8-11(6-7-14)15-12(16-8)9-2-4-10(13)5-3-9/h2-5H,6-7,14H2,1H3. The Kier molecular flexibility index (Phi) is 3.01. The van der Waals surface area contributed by atoms with Crippen molar-refractivity contribution in [2.24, 2.45) is 5.73 Å². The second-order valence-electron chi connectivity index (χ2n) is 3.57. The lowest BCUT2D eigenvalue weighted by Gasteiger charge is -1.93. The Labute approximate surface area is 93.1 Å². The van der Waals surface area contributed by atoms with Crippen molar-refractivity contribution in [1.82, 2.24) is 4.98 Å². The van der Waals surface area contributed by atoms with Gasteiger partial charge in [0, 0.05) is 12.0 Å². The number of hydrogen-bond donors (Lipinski definition) is 1. The van der Waals surface area contributed by atoms with Crippen molar-refractivity contribution in [3.05, 3.63) is 41.5 Å². The van der Waals surface area contributed by atoms with Gasteiger partial charge in [-0.15, -0.1) is 0 Å². The summed E-state index contributed by atoms with van der Waals surface area (Å²) in [6, 6.07) is 6.06. The van der Waals surface area contributed by atoms with Crippen LogP contribution < -0.4 is 5.73 Å². The molecule has 3 nitrogen and oxygen atoms in total. The molecule has 2 N–H and O–H groups in total. The van der Waals surface area contributed by atoms with E-state index in [9.17, 15) is 4.39 Å². The van der Waals surface area contributed by atoms with Crippen LogP contribution in [0, 0.1) is 12.7 Å². The molecule has 84 valence electrons. The zero-order chi connectivity index (χ0) is 11.5. The number of halogens is 1. The number of oxazole rings is 1. The van der Waals surface area contributed by atoms with Crippen LogP contribution in [-0.2, 0) is 6.42 Å². The second kappa shape index (κ2) is 4.45. The smallest absolute Gasteiger partial charge is 0.226 e. The average molecular weight is 220 g/mol. The Morgan fingerprint density at radius 3 is 2.62 bits per heavy atom. The number of hydrogen-bond acceptors (Lipinski definition) is 3. The minimum atomic E-state index is -0.269. The van der Waals surface area contributed by atoms with E-state index in [0.717, 1.165) is 17.0 Å². The van der Waals surface area contributed by atoms with Gasteiger partial charge < -0.3 is 10.2 Å². The van der Waals surface area contributed by atoms with Crippen molar-refractivity contribution in [2.75, 3.05) is 6.54 Å². The van der Waals surface area contributed by atoms with E-state index in [0.29, 0.717) is 18.9 Å². The summed E-state index contributed by atoms with van der Waals surface area (Å²) in [5.41, 5.74) is 7.10. The highest BCUT2D eigenvalue weighted by Gasteiger charge is 2.10. The zero-order valence-corrected chi connectivity index (χ0v) is 9.03. The predicted octanol–water partition coefficient (Wildman–Crippen LogP) is 2.29. The van der Waals surface area contributed by atoms with Crippen LogP contribution in [0.25, 0.3) is 11.5 Å². The van der Waals surface area contributed by atoms with E-state index in [1.54, 1.807) is 12.1 Å². The third-order valence-electron chi connectivity index (χ3n) is 2.36. The summed E-state index contributed by atoms with van der Waals surface area (Å²) in [4.78, 5) is 4.33. The van der Waals surface area contributed by atoms with E-state index in [-0.39, 0.29) is 5.82 Å². The number of nitrogens with zero attached hydrogens (tertiary/aromatic N) is 1. The first-order valence-corrected chi connectivity index (χ1v) is 5.13. The van der Waals surface area contributed by atoms with Crippen molar-refractivity contribution in [2.45, 2.75) is 13.3 Å². The molecule has 2 aromatic rings. The zero-order valence-electron chi connectivity index (χ0n) is 9.03. The highest BCUT2D eigenvalue weighted by atomic mass is 19.1. The molecule has 1 aromatic carbocycles. The first kappa shape index (κ1) is 10.8. The molecule has 1 aromatic heterocycles. The first-order chi connectivity index (χ1) is 7.70. The van der Waals surface area contributed by atoms with Crippen LogP contribution in [0.4, 0.5) is 4.39 Å². The summed E-state index contributed by atoms with van der Waals surface area (Å²) in [5.74, 6) is 1.01.